The Balaban J connectivity index is 1.89. The van der Waals surface area contributed by atoms with Crippen molar-refractivity contribution in [3.05, 3.63) is 88.7 Å². The van der Waals surface area contributed by atoms with Crippen molar-refractivity contribution in [3.8, 4) is 5.75 Å². The van der Waals surface area contributed by atoms with E-state index in [1.54, 1.807) is 24.3 Å². The third-order valence-electron chi connectivity index (χ3n) is 4.69. The smallest absolute Gasteiger partial charge is 0.243 e. The minimum absolute atomic E-state index is 0.0540. The van der Waals surface area contributed by atoms with Gasteiger partial charge in [0, 0.05) is 11.6 Å². The van der Waals surface area contributed by atoms with E-state index in [2.05, 4.69) is 5.32 Å². The van der Waals surface area contributed by atoms with Crippen LogP contribution in [0.2, 0.25) is 5.02 Å². The Morgan fingerprint density at radius 1 is 1.06 bits per heavy atom. The Morgan fingerprint density at radius 2 is 1.72 bits per heavy atom. The lowest BCUT2D eigenvalue weighted by Crippen LogP contribution is -2.37. The highest BCUT2D eigenvalue weighted by Gasteiger charge is 2.27. The highest BCUT2D eigenvalue weighted by atomic mass is 35.5. The fourth-order valence-corrected chi connectivity index (χ4v) is 4.56. The second-order valence-corrected chi connectivity index (χ2v) is 9.48. The Hall–Kier alpha value is -2.94. The van der Waals surface area contributed by atoms with Crippen LogP contribution >= 0.6 is 11.6 Å². The molecule has 3 rings (SSSR count). The van der Waals surface area contributed by atoms with Crippen LogP contribution in [0.15, 0.2) is 71.6 Å². The number of carbonyl (C=O) groups is 1. The molecule has 0 unspecified atom stereocenters. The maximum absolute atomic E-state index is 13.3. The van der Waals surface area contributed by atoms with Crippen molar-refractivity contribution in [2.75, 3.05) is 19.0 Å². The summed E-state index contributed by atoms with van der Waals surface area (Å²) >= 11 is 6.00. The topological polar surface area (TPSA) is 75.7 Å². The third kappa shape index (κ3) is 5.85. The van der Waals surface area contributed by atoms with Crippen LogP contribution in [0, 0.1) is 12.7 Å². The zero-order valence-corrected chi connectivity index (χ0v) is 19.1. The number of ether oxygens (including phenoxy) is 1. The predicted octanol–water partition coefficient (Wildman–Crippen LogP) is 4.63. The number of sulfonamides is 1. The molecular formula is C23H22ClFN2O4S. The van der Waals surface area contributed by atoms with Crippen molar-refractivity contribution in [2.45, 2.75) is 18.4 Å². The van der Waals surface area contributed by atoms with E-state index in [1.165, 1.54) is 49.6 Å². The Morgan fingerprint density at radius 3 is 2.34 bits per heavy atom. The normalized spacial score (nSPS) is 11.4. The minimum Gasteiger partial charge on any atom is -0.495 e. The van der Waals surface area contributed by atoms with Gasteiger partial charge in [-0.3, -0.25) is 4.79 Å². The van der Waals surface area contributed by atoms with Gasteiger partial charge >= 0.3 is 0 Å². The van der Waals surface area contributed by atoms with Crippen LogP contribution in [0.3, 0.4) is 0 Å². The van der Waals surface area contributed by atoms with E-state index in [0.717, 1.165) is 9.87 Å². The first-order valence-electron chi connectivity index (χ1n) is 9.63. The highest BCUT2D eigenvalue weighted by Crippen LogP contribution is 2.28. The first-order chi connectivity index (χ1) is 15.2. The molecule has 32 heavy (non-hydrogen) atoms. The van der Waals surface area contributed by atoms with Crippen molar-refractivity contribution < 1.29 is 22.3 Å². The van der Waals surface area contributed by atoms with E-state index in [1.807, 2.05) is 6.92 Å². The quantitative estimate of drug-likeness (QED) is 0.514. The van der Waals surface area contributed by atoms with E-state index in [4.69, 9.17) is 16.3 Å². The average molecular weight is 477 g/mol. The fourth-order valence-electron chi connectivity index (χ4n) is 3.01. The van der Waals surface area contributed by atoms with Crippen molar-refractivity contribution in [1.29, 1.82) is 0 Å². The first kappa shape index (κ1) is 23.7. The van der Waals surface area contributed by atoms with Gasteiger partial charge in [0.05, 0.1) is 24.2 Å². The van der Waals surface area contributed by atoms with Gasteiger partial charge < -0.3 is 10.1 Å². The Bertz CT molecular complexity index is 1200. The number of anilines is 1. The van der Waals surface area contributed by atoms with Crippen molar-refractivity contribution >= 4 is 33.2 Å². The lowest BCUT2D eigenvalue weighted by Gasteiger charge is -2.22. The van der Waals surface area contributed by atoms with E-state index in [9.17, 15) is 17.6 Å². The summed E-state index contributed by atoms with van der Waals surface area (Å²) in [6.07, 6.45) is 0. The standard InChI is InChI=1S/C23H22ClFN2O4S/c1-16-3-10-20(11-4-16)32(29,30)27(14-17-5-8-19(25)9-6-17)15-23(28)26-21-13-18(24)7-12-22(21)31-2/h3-13H,14-15H2,1-2H3,(H,26,28). The number of nitrogens with zero attached hydrogens (tertiary/aromatic N) is 1. The number of methoxy groups -OCH3 is 1. The molecule has 0 atom stereocenters. The summed E-state index contributed by atoms with van der Waals surface area (Å²) in [5.41, 5.74) is 1.76. The Labute approximate surface area is 191 Å². The SMILES string of the molecule is COc1ccc(Cl)cc1NC(=O)CN(Cc1ccc(F)cc1)S(=O)(=O)c1ccc(C)cc1. The molecule has 0 aliphatic heterocycles. The van der Waals surface area contributed by atoms with Gasteiger partial charge in [0.1, 0.15) is 11.6 Å². The van der Waals surface area contributed by atoms with Crippen LogP contribution < -0.4 is 10.1 Å². The Kier molecular flexibility index (Phi) is 7.50. The molecule has 168 valence electrons. The van der Waals surface area contributed by atoms with Gasteiger partial charge in [0.25, 0.3) is 0 Å². The molecule has 0 aliphatic rings. The molecule has 0 spiro atoms. The summed E-state index contributed by atoms with van der Waals surface area (Å²) in [7, 11) is -2.57. The molecule has 0 aliphatic carbocycles. The van der Waals surface area contributed by atoms with Gasteiger partial charge in [-0.05, 0) is 55.0 Å². The van der Waals surface area contributed by atoms with Crippen LogP contribution in [0.4, 0.5) is 10.1 Å². The maximum atomic E-state index is 13.3. The summed E-state index contributed by atoms with van der Waals surface area (Å²) in [4.78, 5) is 12.9. The number of aryl methyl sites for hydroxylation is 1. The molecule has 0 fully saturated rings. The van der Waals surface area contributed by atoms with E-state index in [-0.39, 0.29) is 11.4 Å². The van der Waals surface area contributed by atoms with Gasteiger partial charge in [-0.2, -0.15) is 4.31 Å². The van der Waals surface area contributed by atoms with E-state index >= 15 is 0 Å². The number of rotatable bonds is 8. The molecule has 0 saturated heterocycles. The summed E-state index contributed by atoms with van der Waals surface area (Å²) < 4.78 is 46.2. The van der Waals surface area contributed by atoms with E-state index in [0.29, 0.717) is 22.0 Å². The highest BCUT2D eigenvalue weighted by molar-refractivity contribution is 7.89. The molecule has 6 nitrogen and oxygen atoms in total. The molecule has 0 aromatic heterocycles. The lowest BCUT2D eigenvalue weighted by molar-refractivity contribution is -0.116. The molecule has 9 heteroatoms. The number of benzene rings is 3. The second kappa shape index (κ2) is 10.1. The second-order valence-electron chi connectivity index (χ2n) is 7.11. The van der Waals surface area contributed by atoms with Gasteiger partial charge in [-0.15, -0.1) is 0 Å². The van der Waals surface area contributed by atoms with Crippen LogP contribution in [0.5, 0.6) is 5.75 Å². The van der Waals surface area contributed by atoms with Gasteiger partial charge in [0.15, 0.2) is 0 Å². The van der Waals surface area contributed by atoms with E-state index < -0.39 is 28.3 Å². The van der Waals surface area contributed by atoms with Crippen molar-refractivity contribution in [2.24, 2.45) is 0 Å². The van der Waals surface area contributed by atoms with Crippen molar-refractivity contribution in [1.82, 2.24) is 4.31 Å². The number of hydrogen-bond donors (Lipinski definition) is 1. The number of hydrogen-bond acceptors (Lipinski definition) is 4. The van der Waals surface area contributed by atoms with Gasteiger partial charge in [-0.25, -0.2) is 12.8 Å². The molecule has 3 aromatic rings. The predicted molar refractivity (Wildman–Crippen MR) is 122 cm³/mol. The number of nitrogens with one attached hydrogen (secondary N) is 1. The zero-order valence-electron chi connectivity index (χ0n) is 17.5. The largest absolute Gasteiger partial charge is 0.495 e. The van der Waals surface area contributed by atoms with Crippen LogP contribution in [-0.2, 0) is 21.4 Å². The summed E-state index contributed by atoms with van der Waals surface area (Å²) in [6.45, 7) is 1.26. The number of amides is 1. The summed E-state index contributed by atoms with van der Waals surface area (Å²) in [6, 6.07) is 16.5. The molecule has 3 aromatic carbocycles. The fraction of sp³-hybridized carbons (Fsp3) is 0.174. The maximum Gasteiger partial charge on any atom is 0.243 e. The number of halogens is 2. The molecule has 0 heterocycles. The molecule has 1 amide bonds. The van der Waals surface area contributed by atoms with Crippen LogP contribution in [0.25, 0.3) is 0 Å². The molecule has 1 N–H and O–H groups in total. The van der Waals surface area contributed by atoms with Crippen molar-refractivity contribution in [3.63, 3.8) is 0 Å². The minimum atomic E-state index is -4.02. The zero-order chi connectivity index (χ0) is 23.3. The van der Waals surface area contributed by atoms with Crippen LogP contribution in [-0.4, -0.2) is 32.3 Å². The molecular weight excluding hydrogens is 455 g/mol. The number of carbonyl (C=O) groups excluding carboxylic acids is 1. The van der Waals surface area contributed by atoms with Gasteiger partial charge in [-0.1, -0.05) is 41.4 Å². The molecule has 0 bridgehead atoms. The summed E-state index contributed by atoms with van der Waals surface area (Å²) in [5, 5.41) is 3.03. The average Bonchev–Trinajstić information content (AvgIpc) is 2.75. The third-order valence-corrected chi connectivity index (χ3v) is 6.73. The molecule has 0 radical (unpaired) electrons. The van der Waals surface area contributed by atoms with Gasteiger partial charge in [0.2, 0.25) is 15.9 Å². The lowest BCUT2D eigenvalue weighted by atomic mass is 10.2. The monoisotopic (exact) mass is 476 g/mol. The summed E-state index contributed by atoms with van der Waals surface area (Å²) in [5.74, 6) is -0.634. The first-order valence-corrected chi connectivity index (χ1v) is 11.5. The molecule has 0 saturated carbocycles. The van der Waals surface area contributed by atoms with Crippen LogP contribution in [0.1, 0.15) is 11.1 Å².